The molecule has 2 aromatic carbocycles. The monoisotopic (exact) mass is 490 g/mol. The molecule has 2 aliphatic heterocycles. The summed E-state index contributed by atoms with van der Waals surface area (Å²) in [6, 6.07) is 14.3. The van der Waals surface area contributed by atoms with E-state index in [9.17, 15) is 8.42 Å². The highest BCUT2D eigenvalue weighted by Gasteiger charge is 2.41. The third kappa shape index (κ3) is 5.21. The van der Waals surface area contributed by atoms with E-state index < -0.39 is 26.6 Å². The van der Waals surface area contributed by atoms with Crippen LogP contribution in [0.25, 0.3) is 0 Å². The molecule has 2 heterocycles. The lowest BCUT2D eigenvalue weighted by molar-refractivity contribution is 0.0360. The maximum Gasteiger partial charge on any atom is 0.221 e. The van der Waals surface area contributed by atoms with Gasteiger partial charge in [-0.2, -0.15) is 4.31 Å². The molecule has 34 heavy (non-hydrogen) atoms. The van der Waals surface area contributed by atoms with E-state index in [-0.39, 0.29) is 19.2 Å². The van der Waals surface area contributed by atoms with Crippen LogP contribution in [0.1, 0.15) is 61.0 Å². The lowest BCUT2D eigenvalue weighted by atomic mass is 9.82. The quantitative estimate of drug-likeness (QED) is 0.550. The molecule has 4 rings (SSSR count). The second-order valence-corrected chi connectivity index (χ2v) is 11.5. The summed E-state index contributed by atoms with van der Waals surface area (Å²) >= 11 is 0. The molecule has 0 saturated carbocycles. The Labute approximate surface area is 202 Å². The number of benzene rings is 2. The van der Waals surface area contributed by atoms with E-state index in [2.05, 4.69) is 5.32 Å². The molecular formula is C26H35FN2O4S. The van der Waals surface area contributed by atoms with Crippen LogP contribution in [0.5, 0.6) is 0 Å². The molecule has 2 saturated heterocycles. The van der Waals surface area contributed by atoms with Crippen molar-refractivity contribution in [3.8, 4) is 0 Å². The number of aliphatic hydroxyl groups is 1. The summed E-state index contributed by atoms with van der Waals surface area (Å²) in [5, 5.41) is 12.1. The predicted molar refractivity (Wildman–Crippen MR) is 130 cm³/mol. The van der Waals surface area contributed by atoms with Crippen molar-refractivity contribution < 1.29 is 22.7 Å². The molecule has 0 spiro atoms. The molecule has 186 valence electrons. The Hall–Kier alpha value is -1.84. The number of ether oxygens (including phenoxy) is 1. The summed E-state index contributed by atoms with van der Waals surface area (Å²) in [6.07, 6.45) is 3.35. The second-order valence-electron chi connectivity index (χ2n) is 9.42. The van der Waals surface area contributed by atoms with Crippen molar-refractivity contribution in [1.82, 2.24) is 9.62 Å². The van der Waals surface area contributed by atoms with Gasteiger partial charge in [-0.05, 0) is 62.8 Å². The second kappa shape index (κ2) is 10.8. The zero-order valence-electron chi connectivity index (χ0n) is 19.7. The molecule has 2 fully saturated rings. The Morgan fingerprint density at radius 2 is 1.88 bits per heavy atom. The fourth-order valence-electron chi connectivity index (χ4n) is 5.19. The zero-order valence-corrected chi connectivity index (χ0v) is 20.6. The molecule has 0 aliphatic carbocycles. The Kier molecular flexibility index (Phi) is 8.05. The van der Waals surface area contributed by atoms with Crippen LogP contribution in [0.2, 0.25) is 0 Å². The Bertz CT molecular complexity index is 1060. The predicted octanol–water partition coefficient (Wildman–Crippen LogP) is 3.86. The first-order chi connectivity index (χ1) is 16.4. The van der Waals surface area contributed by atoms with Gasteiger partial charge in [0.1, 0.15) is 11.1 Å². The van der Waals surface area contributed by atoms with E-state index in [0.717, 1.165) is 17.5 Å². The van der Waals surface area contributed by atoms with Gasteiger partial charge in [0.25, 0.3) is 0 Å². The minimum absolute atomic E-state index is 0.0208. The van der Waals surface area contributed by atoms with E-state index in [1.165, 1.54) is 4.31 Å². The number of nitrogens with zero attached hydrogens (tertiary/aromatic N) is 1. The largest absolute Gasteiger partial charge is 0.396 e. The molecule has 6 nitrogen and oxygen atoms in total. The number of hydrogen-bond acceptors (Lipinski definition) is 5. The maximum absolute atomic E-state index is 15.4. The van der Waals surface area contributed by atoms with Gasteiger partial charge in [0.2, 0.25) is 10.0 Å². The van der Waals surface area contributed by atoms with E-state index in [4.69, 9.17) is 9.84 Å². The summed E-state index contributed by atoms with van der Waals surface area (Å²) in [5.74, 6) is -0.392. The van der Waals surface area contributed by atoms with E-state index >= 15 is 4.39 Å². The van der Waals surface area contributed by atoms with Crippen LogP contribution in [-0.2, 0) is 26.8 Å². The number of hydrogen-bond donors (Lipinski definition) is 2. The van der Waals surface area contributed by atoms with Crippen LogP contribution >= 0.6 is 0 Å². The van der Waals surface area contributed by atoms with Crippen molar-refractivity contribution in [3.63, 3.8) is 0 Å². The van der Waals surface area contributed by atoms with Crippen molar-refractivity contribution in [3.05, 3.63) is 71.0 Å². The van der Waals surface area contributed by atoms with Crippen LogP contribution in [-0.4, -0.2) is 50.2 Å². The first-order valence-electron chi connectivity index (χ1n) is 12.2. The summed E-state index contributed by atoms with van der Waals surface area (Å²) in [6.45, 7) is 3.81. The molecule has 2 aromatic rings. The maximum atomic E-state index is 15.4. The molecular weight excluding hydrogens is 455 g/mol. The van der Waals surface area contributed by atoms with Crippen molar-refractivity contribution >= 4 is 10.0 Å². The highest BCUT2D eigenvalue weighted by Crippen LogP contribution is 2.39. The third-order valence-corrected chi connectivity index (χ3v) is 9.64. The Balaban J connectivity index is 1.58. The SMILES string of the molecule is C[C@H]1CC[C@H](c2ccccc2)S(=O)(=O)N1Cc1ccc(C2(NCCCO)CCOCC2)cc1F. The Morgan fingerprint density at radius 3 is 2.56 bits per heavy atom. The highest BCUT2D eigenvalue weighted by atomic mass is 32.2. The number of nitrogens with one attached hydrogen (secondary N) is 1. The molecule has 2 N–H and O–H groups in total. The summed E-state index contributed by atoms with van der Waals surface area (Å²) in [4.78, 5) is 0. The van der Waals surface area contributed by atoms with Crippen molar-refractivity contribution in [2.45, 2.75) is 62.4 Å². The molecule has 0 unspecified atom stereocenters. The van der Waals surface area contributed by atoms with Gasteiger partial charge in [-0.3, -0.25) is 0 Å². The van der Waals surface area contributed by atoms with Crippen molar-refractivity contribution in [2.24, 2.45) is 0 Å². The average molecular weight is 491 g/mol. The standard InChI is InChI=1S/C26H35FN2O4S/c1-20-8-11-25(21-6-3-2-4-7-21)34(31,32)29(20)19-22-9-10-23(18-24(22)27)26(28-14-5-15-30)12-16-33-17-13-26/h2-4,6-7,9-10,18,20,25,28,30H,5,8,11-17,19H2,1H3/t20-,25+/m0/s1. The van der Waals surface area contributed by atoms with Crippen molar-refractivity contribution in [2.75, 3.05) is 26.4 Å². The van der Waals surface area contributed by atoms with Gasteiger partial charge in [0.05, 0.1) is 0 Å². The number of aliphatic hydroxyl groups excluding tert-OH is 1. The number of halogens is 1. The molecule has 0 aromatic heterocycles. The highest BCUT2D eigenvalue weighted by molar-refractivity contribution is 7.89. The molecule has 2 aliphatic rings. The minimum Gasteiger partial charge on any atom is -0.396 e. The van der Waals surface area contributed by atoms with Gasteiger partial charge < -0.3 is 15.2 Å². The van der Waals surface area contributed by atoms with Gasteiger partial charge in [-0.1, -0.05) is 42.5 Å². The van der Waals surface area contributed by atoms with E-state index in [1.807, 2.05) is 43.3 Å². The van der Waals surface area contributed by atoms with Gasteiger partial charge >= 0.3 is 0 Å². The third-order valence-electron chi connectivity index (χ3n) is 7.27. The number of rotatable bonds is 8. The molecule has 8 heteroatoms. The first kappa shape index (κ1) is 25.3. The van der Waals surface area contributed by atoms with Gasteiger partial charge in [0.15, 0.2) is 0 Å². The fraction of sp³-hybridized carbons (Fsp3) is 0.538. The van der Waals surface area contributed by atoms with Crippen LogP contribution in [0, 0.1) is 5.82 Å². The normalized spacial score (nSPS) is 24.7. The molecule has 0 amide bonds. The van der Waals surface area contributed by atoms with Crippen LogP contribution in [0.4, 0.5) is 4.39 Å². The van der Waals surface area contributed by atoms with Gasteiger partial charge in [-0.25, -0.2) is 12.8 Å². The summed E-state index contributed by atoms with van der Waals surface area (Å²) < 4.78 is 49.4. The van der Waals surface area contributed by atoms with E-state index in [0.29, 0.717) is 51.0 Å². The lowest BCUT2D eigenvalue weighted by Gasteiger charge is -2.39. The van der Waals surface area contributed by atoms with Crippen LogP contribution in [0.3, 0.4) is 0 Å². The number of sulfonamides is 1. The topological polar surface area (TPSA) is 78.9 Å². The van der Waals surface area contributed by atoms with E-state index in [1.54, 1.807) is 12.1 Å². The summed E-state index contributed by atoms with van der Waals surface area (Å²) in [5.41, 5.74) is 1.60. The molecule has 2 atom stereocenters. The van der Waals surface area contributed by atoms with Gasteiger partial charge in [0, 0.05) is 43.5 Å². The minimum atomic E-state index is -3.63. The Morgan fingerprint density at radius 1 is 1.15 bits per heavy atom. The molecule has 0 radical (unpaired) electrons. The summed E-state index contributed by atoms with van der Waals surface area (Å²) in [7, 11) is -3.63. The molecule has 0 bridgehead atoms. The lowest BCUT2D eigenvalue weighted by Crippen LogP contribution is -2.47. The van der Waals surface area contributed by atoms with Crippen LogP contribution in [0.15, 0.2) is 48.5 Å². The fourth-order valence-corrected chi connectivity index (χ4v) is 7.38. The van der Waals surface area contributed by atoms with Crippen molar-refractivity contribution in [1.29, 1.82) is 0 Å². The average Bonchev–Trinajstić information content (AvgIpc) is 2.83. The zero-order chi connectivity index (χ0) is 24.2. The first-order valence-corrected chi connectivity index (χ1v) is 13.7. The van der Waals surface area contributed by atoms with Gasteiger partial charge in [-0.15, -0.1) is 0 Å². The smallest absolute Gasteiger partial charge is 0.221 e. The van der Waals surface area contributed by atoms with Crippen LogP contribution < -0.4 is 5.32 Å².